The van der Waals surface area contributed by atoms with E-state index in [1.165, 1.54) is 0 Å². The topological polar surface area (TPSA) is 84.2 Å². The normalized spacial score (nSPS) is 34.2. The summed E-state index contributed by atoms with van der Waals surface area (Å²) in [5, 5.41) is 38.3. The van der Waals surface area contributed by atoms with Crippen LogP contribution in [-0.2, 0) is 0 Å². The van der Waals surface area contributed by atoms with Gasteiger partial charge in [0.25, 0.3) is 0 Å². The predicted octanol–water partition coefficient (Wildman–Crippen LogP) is -0.428. The second-order valence-corrected chi connectivity index (χ2v) is 5.68. The van der Waals surface area contributed by atoms with E-state index in [2.05, 4.69) is 13.8 Å². The highest BCUT2D eigenvalue weighted by Crippen LogP contribution is 2.19. The summed E-state index contributed by atoms with van der Waals surface area (Å²) in [5.74, 6) is 0.679. The van der Waals surface area contributed by atoms with Gasteiger partial charge in [0.1, 0.15) is 12.2 Å². The predicted molar refractivity (Wildman–Crippen MR) is 69.2 cm³/mol. The highest BCUT2D eigenvalue weighted by Gasteiger charge is 2.40. The van der Waals surface area contributed by atoms with Gasteiger partial charge in [-0.3, -0.25) is 4.90 Å². The van der Waals surface area contributed by atoms with Crippen LogP contribution in [0.15, 0.2) is 0 Å². The van der Waals surface area contributed by atoms with Crippen molar-refractivity contribution in [3.63, 3.8) is 0 Å². The van der Waals surface area contributed by atoms with Crippen molar-refractivity contribution in [3.8, 4) is 0 Å². The van der Waals surface area contributed by atoms with Crippen molar-refractivity contribution in [1.82, 2.24) is 4.90 Å². The monoisotopic (exact) mass is 261 g/mol. The summed E-state index contributed by atoms with van der Waals surface area (Å²) in [7, 11) is 0. The van der Waals surface area contributed by atoms with Crippen molar-refractivity contribution in [2.24, 2.45) is 5.92 Å². The third-order valence-corrected chi connectivity index (χ3v) is 3.69. The molecule has 1 saturated heterocycles. The zero-order chi connectivity index (χ0) is 13.7. The third kappa shape index (κ3) is 4.17. The van der Waals surface area contributed by atoms with E-state index in [0.29, 0.717) is 12.5 Å². The first-order valence-electron chi connectivity index (χ1n) is 6.86. The minimum Gasteiger partial charge on any atom is -0.395 e. The van der Waals surface area contributed by atoms with Crippen LogP contribution in [0.5, 0.6) is 0 Å². The number of unbranched alkanes of at least 4 members (excludes halogenated alkanes) is 1. The average Bonchev–Trinajstić information content (AvgIpc) is 2.32. The van der Waals surface area contributed by atoms with E-state index >= 15 is 0 Å². The Kier molecular flexibility index (Phi) is 6.52. The zero-order valence-corrected chi connectivity index (χ0v) is 11.4. The number of β-amino-alcohol motifs (C(OH)–C–C–N with tert-alkyl or cyclic N) is 1. The fourth-order valence-electron chi connectivity index (χ4n) is 2.50. The summed E-state index contributed by atoms with van der Waals surface area (Å²) in [5.41, 5.74) is 0. The first kappa shape index (κ1) is 15.9. The van der Waals surface area contributed by atoms with Gasteiger partial charge in [-0.15, -0.1) is 0 Å². The number of aliphatic hydroxyl groups is 4. The Balaban J connectivity index is 2.42. The molecule has 4 N–H and O–H groups in total. The quantitative estimate of drug-likeness (QED) is 0.488. The van der Waals surface area contributed by atoms with Crippen LogP contribution in [0.25, 0.3) is 0 Å². The van der Waals surface area contributed by atoms with Gasteiger partial charge in [-0.25, -0.2) is 0 Å². The van der Waals surface area contributed by atoms with Crippen molar-refractivity contribution < 1.29 is 20.4 Å². The molecule has 1 fully saturated rings. The molecular formula is C13H27NO4. The molecule has 5 heteroatoms. The van der Waals surface area contributed by atoms with Crippen LogP contribution in [0.4, 0.5) is 0 Å². The van der Waals surface area contributed by atoms with Crippen molar-refractivity contribution in [1.29, 1.82) is 0 Å². The Morgan fingerprint density at radius 2 is 1.78 bits per heavy atom. The Morgan fingerprint density at radius 3 is 2.33 bits per heavy atom. The van der Waals surface area contributed by atoms with Gasteiger partial charge in [-0.2, -0.15) is 0 Å². The standard InChI is InChI=1S/C13H27NO4/c1-9(2)5-3-4-6-14-7-11(16)13(18)12(17)10(14)8-15/h9-13,15-18H,3-8H2,1-2H3/t10-,11+,12-,13-/m1/s1. The summed E-state index contributed by atoms with van der Waals surface area (Å²) in [6.07, 6.45) is 0.0576. The van der Waals surface area contributed by atoms with Crippen LogP contribution in [0, 0.1) is 5.92 Å². The molecule has 1 heterocycles. The summed E-state index contributed by atoms with van der Waals surface area (Å²) >= 11 is 0. The van der Waals surface area contributed by atoms with Gasteiger partial charge in [0.05, 0.1) is 18.8 Å². The van der Waals surface area contributed by atoms with Gasteiger partial charge < -0.3 is 20.4 Å². The number of aliphatic hydroxyl groups excluding tert-OH is 4. The molecule has 1 rings (SSSR count). The molecule has 5 nitrogen and oxygen atoms in total. The molecule has 0 spiro atoms. The smallest absolute Gasteiger partial charge is 0.109 e. The van der Waals surface area contributed by atoms with Crippen molar-refractivity contribution >= 4 is 0 Å². The third-order valence-electron chi connectivity index (χ3n) is 3.69. The lowest BCUT2D eigenvalue weighted by Gasteiger charge is -2.43. The fourth-order valence-corrected chi connectivity index (χ4v) is 2.50. The van der Waals surface area contributed by atoms with Crippen LogP contribution >= 0.6 is 0 Å². The van der Waals surface area contributed by atoms with E-state index < -0.39 is 24.4 Å². The number of hydrogen-bond acceptors (Lipinski definition) is 5. The Hall–Kier alpha value is -0.200. The lowest BCUT2D eigenvalue weighted by molar-refractivity contribution is -0.145. The first-order valence-corrected chi connectivity index (χ1v) is 6.86. The van der Waals surface area contributed by atoms with Gasteiger partial charge in [-0.1, -0.05) is 26.7 Å². The molecule has 1 aliphatic rings. The lowest BCUT2D eigenvalue weighted by Crippen LogP contribution is -2.62. The second kappa shape index (κ2) is 7.40. The molecule has 0 amide bonds. The van der Waals surface area contributed by atoms with Crippen molar-refractivity contribution in [2.45, 2.75) is 57.5 Å². The molecule has 0 unspecified atom stereocenters. The van der Waals surface area contributed by atoms with Crippen LogP contribution in [0.3, 0.4) is 0 Å². The average molecular weight is 261 g/mol. The molecular weight excluding hydrogens is 234 g/mol. The van der Waals surface area contributed by atoms with Crippen LogP contribution in [0.1, 0.15) is 33.1 Å². The van der Waals surface area contributed by atoms with E-state index in [0.717, 1.165) is 25.8 Å². The summed E-state index contributed by atoms with van der Waals surface area (Å²) in [6.45, 7) is 5.21. The van der Waals surface area contributed by atoms with E-state index in [1.807, 2.05) is 4.90 Å². The minimum absolute atomic E-state index is 0.199. The molecule has 1 aliphatic heterocycles. The summed E-state index contributed by atoms with van der Waals surface area (Å²) < 4.78 is 0. The van der Waals surface area contributed by atoms with E-state index in [1.54, 1.807) is 0 Å². The maximum atomic E-state index is 9.81. The van der Waals surface area contributed by atoms with Gasteiger partial charge in [0, 0.05) is 6.54 Å². The van der Waals surface area contributed by atoms with Crippen LogP contribution in [-0.4, -0.2) is 69.4 Å². The highest BCUT2D eigenvalue weighted by atomic mass is 16.4. The molecule has 108 valence electrons. The van der Waals surface area contributed by atoms with Crippen molar-refractivity contribution in [3.05, 3.63) is 0 Å². The molecule has 0 radical (unpaired) electrons. The summed E-state index contributed by atoms with van der Waals surface area (Å²) in [4.78, 5) is 1.88. The zero-order valence-electron chi connectivity index (χ0n) is 11.4. The second-order valence-electron chi connectivity index (χ2n) is 5.68. The number of nitrogens with zero attached hydrogens (tertiary/aromatic N) is 1. The number of hydrogen-bond donors (Lipinski definition) is 4. The van der Waals surface area contributed by atoms with Gasteiger partial charge >= 0.3 is 0 Å². The Morgan fingerprint density at radius 1 is 1.11 bits per heavy atom. The molecule has 0 bridgehead atoms. The van der Waals surface area contributed by atoms with Gasteiger partial charge in [0.15, 0.2) is 0 Å². The highest BCUT2D eigenvalue weighted by molar-refractivity contribution is 4.93. The fraction of sp³-hybridized carbons (Fsp3) is 1.00. The van der Waals surface area contributed by atoms with Crippen LogP contribution in [0.2, 0.25) is 0 Å². The van der Waals surface area contributed by atoms with E-state index in [9.17, 15) is 20.4 Å². The number of piperidine rings is 1. The van der Waals surface area contributed by atoms with Crippen molar-refractivity contribution in [2.75, 3.05) is 19.7 Å². The maximum Gasteiger partial charge on any atom is 0.109 e. The molecule has 0 aromatic carbocycles. The Bertz CT molecular complexity index is 237. The molecule has 0 aromatic rings. The van der Waals surface area contributed by atoms with E-state index in [4.69, 9.17) is 0 Å². The summed E-state index contributed by atoms with van der Waals surface area (Å²) in [6, 6.07) is -0.470. The molecule has 0 aliphatic carbocycles. The number of likely N-dealkylation sites (tertiary alicyclic amines) is 1. The minimum atomic E-state index is -1.16. The molecule has 0 saturated carbocycles. The number of rotatable bonds is 6. The van der Waals surface area contributed by atoms with E-state index in [-0.39, 0.29) is 6.61 Å². The van der Waals surface area contributed by atoms with Crippen LogP contribution < -0.4 is 0 Å². The molecule has 4 atom stereocenters. The first-order chi connectivity index (χ1) is 8.47. The molecule has 18 heavy (non-hydrogen) atoms. The Labute approximate surface area is 109 Å². The largest absolute Gasteiger partial charge is 0.395 e. The SMILES string of the molecule is CC(C)CCCCN1C[C@H](O)[C@@H](O)[C@H](O)[C@H]1CO. The lowest BCUT2D eigenvalue weighted by atomic mass is 9.94. The van der Waals surface area contributed by atoms with Gasteiger partial charge in [0.2, 0.25) is 0 Å². The maximum absolute atomic E-state index is 9.81. The molecule has 0 aromatic heterocycles. The van der Waals surface area contributed by atoms with Gasteiger partial charge in [-0.05, 0) is 18.9 Å².